The summed E-state index contributed by atoms with van der Waals surface area (Å²) >= 11 is 0. The molecule has 2 unspecified atom stereocenters. The molecular formula is C15H31N3O. The second kappa shape index (κ2) is 9.32. The number of amides is 1. The predicted octanol–water partition coefficient (Wildman–Crippen LogP) is 1.74. The van der Waals surface area contributed by atoms with Crippen molar-refractivity contribution in [3.05, 3.63) is 0 Å². The van der Waals surface area contributed by atoms with Gasteiger partial charge in [-0.1, -0.05) is 26.2 Å². The minimum Gasteiger partial charge on any atom is -0.353 e. The molecule has 0 aliphatic carbocycles. The van der Waals surface area contributed by atoms with Gasteiger partial charge in [0.1, 0.15) is 0 Å². The average molecular weight is 269 g/mol. The lowest BCUT2D eigenvalue weighted by Gasteiger charge is -2.31. The van der Waals surface area contributed by atoms with E-state index in [1.165, 1.54) is 32.1 Å². The van der Waals surface area contributed by atoms with Crippen LogP contribution in [-0.4, -0.2) is 43.0 Å². The van der Waals surface area contributed by atoms with Crippen LogP contribution < -0.4 is 11.1 Å². The van der Waals surface area contributed by atoms with Crippen molar-refractivity contribution in [2.24, 2.45) is 11.7 Å². The highest BCUT2D eigenvalue weighted by Crippen LogP contribution is 2.14. The van der Waals surface area contributed by atoms with E-state index in [-0.39, 0.29) is 5.91 Å². The minimum atomic E-state index is 0.168. The summed E-state index contributed by atoms with van der Waals surface area (Å²) in [5.41, 5.74) is 5.72. The van der Waals surface area contributed by atoms with E-state index in [4.69, 9.17) is 5.73 Å². The molecule has 1 amide bonds. The first-order valence-corrected chi connectivity index (χ1v) is 7.87. The maximum Gasteiger partial charge on any atom is 0.234 e. The summed E-state index contributed by atoms with van der Waals surface area (Å²) in [5.74, 6) is 0.741. The van der Waals surface area contributed by atoms with E-state index in [1.807, 2.05) is 0 Å². The van der Waals surface area contributed by atoms with E-state index >= 15 is 0 Å². The lowest BCUT2D eigenvalue weighted by molar-refractivity contribution is -0.123. The topological polar surface area (TPSA) is 58.4 Å². The van der Waals surface area contributed by atoms with Gasteiger partial charge in [0.15, 0.2) is 0 Å². The van der Waals surface area contributed by atoms with Gasteiger partial charge in [-0.2, -0.15) is 0 Å². The number of nitrogens with zero attached hydrogens (tertiary/aromatic N) is 1. The smallest absolute Gasteiger partial charge is 0.234 e. The quantitative estimate of drug-likeness (QED) is 0.660. The maximum absolute atomic E-state index is 12.0. The monoisotopic (exact) mass is 269 g/mol. The van der Waals surface area contributed by atoms with E-state index in [9.17, 15) is 4.79 Å². The number of hydrogen-bond donors (Lipinski definition) is 2. The summed E-state index contributed by atoms with van der Waals surface area (Å²) in [6.07, 6.45) is 7.16. The Morgan fingerprint density at radius 3 is 2.95 bits per heavy atom. The van der Waals surface area contributed by atoms with Crippen LogP contribution in [0.3, 0.4) is 0 Å². The third-order valence-electron chi connectivity index (χ3n) is 3.95. The Kier molecular flexibility index (Phi) is 8.07. The van der Waals surface area contributed by atoms with Crippen molar-refractivity contribution in [2.45, 2.75) is 58.4 Å². The average Bonchev–Trinajstić information content (AvgIpc) is 2.39. The second-order valence-corrected chi connectivity index (χ2v) is 5.94. The van der Waals surface area contributed by atoms with Crippen LogP contribution >= 0.6 is 0 Å². The molecule has 0 aromatic rings. The zero-order valence-electron chi connectivity index (χ0n) is 12.7. The second-order valence-electron chi connectivity index (χ2n) is 5.94. The Morgan fingerprint density at radius 2 is 2.26 bits per heavy atom. The van der Waals surface area contributed by atoms with Gasteiger partial charge in [0, 0.05) is 12.6 Å². The number of likely N-dealkylation sites (tertiary alicyclic amines) is 1. The summed E-state index contributed by atoms with van der Waals surface area (Å²) < 4.78 is 0. The molecule has 2 atom stereocenters. The number of carbonyl (C=O) groups excluding carboxylic acids is 1. The molecule has 3 N–H and O–H groups in total. The molecule has 1 aliphatic rings. The molecule has 0 radical (unpaired) electrons. The van der Waals surface area contributed by atoms with E-state index in [1.54, 1.807) is 0 Å². The van der Waals surface area contributed by atoms with Gasteiger partial charge in [0.25, 0.3) is 0 Å². The molecule has 0 bridgehead atoms. The van der Waals surface area contributed by atoms with Gasteiger partial charge in [-0.15, -0.1) is 0 Å². The fourth-order valence-corrected chi connectivity index (χ4v) is 2.78. The summed E-state index contributed by atoms with van der Waals surface area (Å²) in [7, 11) is 0. The normalized spacial score (nSPS) is 22.2. The highest BCUT2D eigenvalue weighted by atomic mass is 16.2. The summed E-state index contributed by atoms with van der Waals surface area (Å²) in [4.78, 5) is 14.2. The van der Waals surface area contributed by atoms with Crippen LogP contribution in [0.2, 0.25) is 0 Å². The Bertz CT molecular complexity index is 258. The Morgan fingerprint density at radius 1 is 1.47 bits per heavy atom. The van der Waals surface area contributed by atoms with Gasteiger partial charge in [0.2, 0.25) is 5.91 Å². The zero-order chi connectivity index (χ0) is 14.1. The van der Waals surface area contributed by atoms with Gasteiger partial charge in [-0.3, -0.25) is 9.69 Å². The van der Waals surface area contributed by atoms with E-state index in [0.717, 1.165) is 26.1 Å². The molecule has 4 nitrogen and oxygen atoms in total. The molecule has 1 fully saturated rings. The number of carbonyl (C=O) groups is 1. The Labute approximate surface area is 118 Å². The largest absolute Gasteiger partial charge is 0.353 e. The lowest BCUT2D eigenvalue weighted by atomic mass is 9.98. The van der Waals surface area contributed by atoms with Crippen LogP contribution in [0.4, 0.5) is 0 Å². The predicted molar refractivity (Wildman–Crippen MR) is 80.0 cm³/mol. The molecule has 0 saturated carbocycles. The van der Waals surface area contributed by atoms with Gasteiger partial charge in [-0.05, 0) is 45.2 Å². The SMILES string of the molecule is CCCCCC(C)NC(=O)CN1CCCC(CN)C1. The van der Waals surface area contributed by atoms with Crippen molar-refractivity contribution in [2.75, 3.05) is 26.2 Å². The van der Waals surface area contributed by atoms with Crippen molar-refractivity contribution in [1.29, 1.82) is 0 Å². The Hall–Kier alpha value is -0.610. The third-order valence-corrected chi connectivity index (χ3v) is 3.95. The van der Waals surface area contributed by atoms with Crippen LogP contribution in [0.15, 0.2) is 0 Å². The van der Waals surface area contributed by atoms with Gasteiger partial charge >= 0.3 is 0 Å². The summed E-state index contributed by atoms with van der Waals surface area (Å²) in [5, 5.41) is 3.11. The lowest BCUT2D eigenvalue weighted by Crippen LogP contribution is -2.45. The molecule has 0 spiro atoms. The third kappa shape index (κ3) is 6.92. The molecule has 1 aliphatic heterocycles. The number of piperidine rings is 1. The maximum atomic E-state index is 12.0. The molecule has 1 heterocycles. The van der Waals surface area contributed by atoms with Gasteiger partial charge < -0.3 is 11.1 Å². The van der Waals surface area contributed by atoms with Gasteiger partial charge in [-0.25, -0.2) is 0 Å². The number of nitrogens with one attached hydrogen (secondary N) is 1. The summed E-state index contributed by atoms with van der Waals surface area (Å²) in [6.45, 7) is 7.60. The van der Waals surface area contributed by atoms with Crippen LogP contribution in [0, 0.1) is 5.92 Å². The van der Waals surface area contributed by atoms with Crippen LogP contribution in [0.5, 0.6) is 0 Å². The fourth-order valence-electron chi connectivity index (χ4n) is 2.78. The van der Waals surface area contributed by atoms with Crippen molar-refractivity contribution in [3.63, 3.8) is 0 Å². The fraction of sp³-hybridized carbons (Fsp3) is 0.933. The van der Waals surface area contributed by atoms with Crippen molar-refractivity contribution >= 4 is 5.91 Å². The Balaban J connectivity index is 2.19. The molecule has 1 saturated heterocycles. The molecule has 19 heavy (non-hydrogen) atoms. The van der Waals surface area contributed by atoms with Crippen molar-refractivity contribution in [3.8, 4) is 0 Å². The standard InChI is InChI=1S/C15H31N3O/c1-3-4-5-7-13(2)17-15(19)12-18-9-6-8-14(10-16)11-18/h13-14H,3-12,16H2,1-2H3,(H,17,19). The highest BCUT2D eigenvalue weighted by Gasteiger charge is 2.20. The highest BCUT2D eigenvalue weighted by molar-refractivity contribution is 5.78. The molecule has 0 aromatic heterocycles. The number of nitrogens with two attached hydrogens (primary N) is 1. The zero-order valence-corrected chi connectivity index (χ0v) is 12.7. The van der Waals surface area contributed by atoms with Crippen molar-refractivity contribution in [1.82, 2.24) is 10.2 Å². The first-order valence-electron chi connectivity index (χ1n) is 7.87. The molecule has 4 heteroatoms. The first-order chi connectivity index (χ1) is 9.15. The van der Waals surface area contributed by atoms with Crippen LogP contribution in [0.25, 0.3) is 0 Å². The first kappa shape index (κ1) is 16.4. The van der Waals surface area contributed by atoms with Crippen LogP contribution in [-0.2, 0) is 4.79 Å². The minimum absolute atomic E-state index is 0.168. The molecule has 0 aromatic carbocycles. The summed E-state index contributed by atoms with van der Waals surface area (Å²) in [6, 6.07) is 0.300. The molecule has 112 valence electrons. The number of hydrogen-bond acceptors (Lipinski definition) is 3. The van der Waals surface area contributed by atoms with Crippen molar-refractivity contribution < 1.29 is 4.79 Å². The number of unbranched alkanes of at least 4 members (excludes halogenated alkanes) is 2. The molecule has 1 rings (SSSR count). The van der Waals surface area contributed by atoms with E-state index in [2.05, 4.69) is 24.1 Å². The van der Waals surface area contributed by atoms with E-state index < -0.39 is 0 Å². The molecular weight excluding hydrogens is 238 g/mol. The van der Waals surface area contributed by atoms with Gasteiger partial charge in [0.05, 0.1) is 6.54 Å². The van der Waals surface area contributed by atoms with E-state index in [0.29, 0.717) is 18.5 Å². The van der Waals surface area contributed by atoms with Crippen LogP contribution in [0.1, 0.15) is 52.4 Å². The number of rotatable bonds is 8.